The summed E-state index contributed by atoms with van der Waals surface area (Å²) in [6.45, 7) is 0.922. The summed E-state index contributed by atoms with van der Waals surface area (Å²) in [5.41, 5.74) is -0.516. The second kappa shape index (κ2) is 6.98. The average molecular weight is 322 g/mol. The van der Waals surface area contributed by atoms with Gasteiger partial charge in [0.05, 0.1) is 4.92 Å². The second-order valence-electron chi connectivity index (χ2n) is 4.15. The first-order valence-electron chi connectivity index (χ1n) is 5.85. The molecule has 0 radical (unpaired) electrons. The quantitative estimate of drug-likeness (QED) is 0.466. The molecule has 1 aromatic carbocycles. The molecule has 0 amide bonds. The van der Waals surface area contributed by atoms with Gasteiger partial charge in [0, 0.05) is 24.7 Å². The average Bonchev–Trinajstić information content (AvgIpc) is 2.38. The maximum atomic E-state index is 12.3. The molecule has 0 aliphatic heterocycles. The van der Waals surface area contributed by atoms with Crippen LogP contribution in [0.4, 0.5) is 5.69 Å². The third kappa shape index (κ3) is 3.89. The highest BCUT2D eigenvalue weighted by atomic mass is 35.5. The van der Waals surface area contributed by atoms with Gasteiger partial charge in [0.1, 0.15) is 0 Å². The Kier molecular flexibility index (Phi) is 5.88. The summed E-state index contributed by atoms with van der Waals surface area (Å²) in [7, 11) is -0.752. The number of hydrogen-bond acceptors (Lipinski definition) is 5. The summed E-state index contributed by atoms with van der Waals surface area (Å²) in [5.74, 6) is 0. The molecular formula is C11H16ClN3O4S. The summed E-state index contributed by atoms with van der Waals surface area (Å²) >= 11 is 5.67. The van der Waals surface area contributed by atoms with Gasteiger partial charge >= 0.3 is 0 Å². The van der Waals surface area contributed by atoms with Crippen LogP contribution in [0.25, 0.3) is 0 Å². The molecule has 112 valence electrons. The standard InChI is InChI=1S/C11H16ClN3O4S/c1-13-6-3-7-14(2)20(18,19)11-5-4-9(12)8-10(11)15(16)17/h4-5,8,13H,3,6-7H2,1-2H3. The molecule has 0 saturated carbocycles. The molecule has 0 saturated heterocycles. The Bertz CT molecular complexity index is 591. The third-order valence-electron chi connectivity index (χ3n) is 2.71. The van der Waals surface area contributed by atoms with Crippen LogP contribution in [0, 0.1) is 10.1 Å². The first-order chi connectivity index (χ1) is 9.30. The van der Waals surface area contributed by atoms with E-state index in [-0.39, 0.29) is 16.5 Å². The Morgan fingerprint density at radius 2 is 2.10 bits per heavy atom. The number of nitro groups is 1. The number of sulfonamides is 1. The van der Waals surface area contributed by atoms with E-state index >= 15 is 0 Å². The smallest absolute Gasteiger partial charge is 0.290 e. The molecular weight excluding hydrogens is 306 g/mol. The van der Waals surface area contributed by atoms with Crippen LogP contribution in [-0.4, -0.2) is 44.8 Å². The zero-order valence-corrected chi connectivity index (χ0v) is 12.7. The van der Waals surface area contributed by atoms with Gasteiger partial charge in [-0.25, -0.2) is 12.7 Å². The number of nitrogens with one attached hydrogen (secondary N) is 1. The van der Waals surface area contributed by atoms with Gasteiger partial charge in [0.25, 0.3) is 5.69 Å². The Morgan fingerprint density at radius 3 is 2.65 bits per heavy atom. The molecule has 9 heteroatoms. The van der Waals surface area contributed by atoms with Gasteiger partial charge < -0.3 is 5.32 Å². The molecule has 0 unspecified atom stereocenters. The Balaban J connectivity index is 3.12. The van der Waals surface area contributed by atoms with E-state index in [9.17, 15) is 18.5 Å². The number of rotatable bonds is 7. The van der Waals surface area contributed by atoms with Crippen molar-refractivity contribution in [2.45, 2.75) is 11.3 Å². The topological polar surface area (TPSA) is 92.6 Å². The van der Waals surface area contributed by atoms with Crippen LogP contribution in [0.1, 0.15) is 6.42 Å². The van der Waals surface area contributed by atoms with Crippen molar-refractivity contribution in [3.05, 3.63) is 33.3 Å². The molecule has 0 spiro atoms. The van der Waals surface area contributed by atoms with Crippen LogP contribution >= 0.6 is 11.6 Å². The number of halogens is 1. The molecule has 1 aromatic rings. The van der Waals surface area contributed by atoms with Gasteiger partial charge in [-0.15, -0.1) is 0 Å². The fraction of sp³-hybridized carbons (Fsp3) is 0.455. The largest absolute Gasteiger partial charge is 0.320 e. The van der Waals surface area contributed by atoms with Crippen LogP contribution in [-0.2, 0) is 10.0 Å². The van der Waals surface area contributed by atoms with Crippen molar-refractivity contribution in [2.24, 2.45) is 0 Å². The van der Waals surface area contributed by atoms with Crippen molar-refractivity contribution in [2.75, 3.05) is 27.2 Å². The zero-order valence-electron chi connectivity index (χ0n) is 11.2. The van der Waals surface area contributed by atoms with Crippen molar-refractivity contribution in [3.63, 3.8) is 0 Å². The van der Waals surface area contributed by atoms with E-state index in [0.717, 1.165) is 16.4 Å². The minimum atomic E-state index is -3.91. The molecule has 0 aromatic heterocycles. The second-order valence-corrected chi connectivity index (χ2v) is 6.60. The molecule has 1 rings (SSSR count). The van der Waals surface area contributed by atoms with Gasteiger partial charge in [-0.2, -0.15) is 0 Å². The Hall–Kier alpha value is -1.22. The van der Waals surface area contributed by atoms with E-state index in [1.165, 1.54) is 13.1 Å². The molecule has 0 aliphatic rings. The molecule has 0 heterocycles. The first kappa shape index (κ1) is 16.8. The van der Waals surface area contributed by atoms with E-state index in [4.69, 9.17) is 11.6 Å². The maximum absolute atomic E-state index is 12.3. The molecule has 0 bridgehead atoms. The highest BCUT2D eigenvalue weighted by molar-refractivity contribution is 7.89. The normalized spacial score (nSPS) is 11.8. The fourth-order valence-electron chi connectivity index (χ4n) is 1.62. The number of nitrogens with zero attached hydrogens (tertiary/aromatic N) is 2. The van der Waals surface area contributed by atoms with Crippen LogP contribution in [0.2, 0.25) is 5.02 Å². The van der Waals surface area contributed by atoms with Crippen molar-refractivity contribution in [1.29, 1.82) is 0 Å². The van der Waals surface area contributed by atoms with Gasteiger partial charge in [0.15, 0.2) is 4.90 Å². The lowest BCUT2D eigenvalue weighted by Crippen LogP contribution is -2.30. The van der Waals surface area contributed by atoms with Gasteiger partial charge in [-0.1, -0.05) is 11.6 Å². The highest BCUT2D eigenvalue weighted by Gasteiger charge is 2.29. The lowest BCUT2D eigenvalue weighted by Gasteiger charge is -2.17. The van der Waals surface area contributed by atoms with Crippen molar-refractivity contribution in [1.82, 2.24) is 9.62 Å². The molecule has 1 N–H and O–H groups in total. The summed E-state index contributed by atoms with van der Waals surface area (Å²) in [6.07, 6.45) is 0.605. The Morgan fingerprint density at radius 1 is 1.45 bits per heavy atom. The molecule has 0 atom stereocenters. The predicted molar refractivity (Wildman–Crippen MR) is 76.5 cm³/mol. The Labute approximate surface area is 122 Å². The molecule has 0 aliphatic carbocycles. The molecule has 20 heavy (non-hydrogen) atoms. The zero-order chi connectivity index (χ0) is 15.3. The van der Waals surface area contributed by atoms with Crippen LogP contribution in [0.3, 0.4) is 0 Å². The molecule has 7 nitrogen and oxygen atoms in total. The minimum Gasteiger partial charge on any atom is -0.320 e. The number of hydrogen-bond donors (Lipinski definition) is 1. The van der Waals surface area contributed by atoms with Crippen molar-refractivity contribution < 1.29 is 13.3 Å². The van der Waals surface area contributed by atoms with E-state index in [1.54, 1.807) is 7.05 Å². The van der Waals surface area contributed by atoms with Crippen molar-refractivity contribution in [3.8, 4) is 0 Å². The summed E-state index contributed by atoms with van der Waals surface area (Å²) in [6, 6.07) is 3.52. The van der Waals surface area contributed by atoms with Gasteiger partial charge in [0.2, 0.25) is 10.0 Å². The summed E-state index contributed by atoms with van der Waals surface area (Å²) in [5, 5.41) is 14.0. The van der Waals surface area contributed by atoms with Crippen LogP contribution < -0.4 is 5.32 Å². The highest BCUT2D eigenvalue weighted by Crippen LogP contribution is 2.29. The van der Waals surface area contributed by atoms with E-state index in [2.05, 4.69) is 5.32 Å². The monoisotopic (exact) mass is 321 g/mol. The number of benzene rings is 1. The first-order valence-corrected chi connectivity index (χ1v) is 7.67. The maximum Gasteiger partial charge on any atom is 0.290 e. The van der Waals surface area contributed by atoms with Gasteiger partial charge in [-0.05, 0) is 32.1 Å². The summed E-state index contributed by atoms with van der Waals surface area (Å²) in [4.78, 5) is 9.86. The SMILES string of the molecule is CNCCCN(C)S(=O)(=O)c1ccc(Cl)cc1[N+](=O)[O-]. The van der Waals surface area contributed by atoms with E-state index < -0.39 is 20.6 Å². The minimum absolute atomic E-state index is 0.119. The predicted octanol–water partition coefficient (Wildman–Crippen LogP) is 1.48. The van der Waals surface area contributed by atoms with Crippen molar-refractivity contribution >= 4 is 27.3 Å². The fourth-order valence-corrected chi connectivity index (χ4v) is 3.13. The third-order valence-corrected chi connectivity index (χ3v) is 4.85. The van der Waals surface area contributed by atoms with E-state index in [0.29, 0.717) is 13.0 Å². The van der Waals surface area contributed by atoms with Crippen LogP contribution in [0.5, 0.6) is 0 Å². The van der Waals surface area contributed by atoms with Crippen LogP contribution in [0.15, 0.2) is 23.1 Å². The van der Waals surface area contributed by atoms with E-state index in [1.807, 2.05) is 0 Å². The number of nitro benzene ring substituents is 1. The summed E-state index contributed by atoms with van der Waals surface area (Å²) < 4.78 is 25.7. The lowest BCUT2D eigenvalue weighted by atomic mass is 10.3. The lowest BCUT2D eigenvalue weighted by molar-refractivity contribution is -0.387. The van der Waals surface area contributed by atoms with Gasteiger partial charge in [-0.3, -0.25) is 10.1 Å². The molecule has 0 fully saturated rings.